The highest BCUT2D eigenvalue weighted by Crippen LogP contribution is 2.33. The van der Waals surface area contributed by atoms with E-state index in [0.29, 0.717) is 0 Å². The van der Waals surface area contributed by atoms with Crippen molar-refractivity contribution < 1.29 is 31.1 Å². The Morgan fingerprint density at radius 1 is 1.08 bits per heavy atom. The summed E-state index contributed by atoms with van der Waals surface area (Å²) in [4.78, 5) is 15.4. The maximum Gasteiger partial charge on any atom is 0.416 e. The van der Waals surface area contributed by atoms with E-state index in [-0.39, 0.29) is 16.8 Å². The van der Waals surface area contributed by atoms with Gasteiger partial charge in [0, 0.05) is 11.8 Å². The number of carbonyl (C=O) groups excluding carboxylic acids is 1. The lowest BCUT2D eigenvalue weighted by atomic mass is 10.1. The molecule has 2 rings (SSSR count). The Kier molecular flexibility index (Phi) is 5.46. The first-order valence-electron chi connectivity index (χ1n) is 7.02. The molecule has 2 aromatic rings. The summed E-state index contributed by atoms with van der Waals surface area (Å²) in [5, 5.41) is 0. The largest absolute Gasteiger partial charge is 0.464 e. The minimum absolute atomic E-state index is 0.0684. The number of nitrogens with zero attached hydrogens (tertiary/aromatic N) is 1. The average Bonchev–Trinajstić information content (AvgIpc) is 2.53. The second kappa shape index (κ2) is 7.22. The molecule has 0 saturated heterocycles. The normalized spacial score (nSPS) is 12.0. The third kappa shape index (κ3) is 4.79. The molecule has 0 N–H and O–H groups in total. The van der Waals surface area contributed by atoms with Crippen LogP contribution in [0.5, 0.6) is 0 Å². The Hall–Kier alpha value is -2.42. The molecule has 1 heterocycles. The van der Waals surface area contributed by atoms with E-state index in [2.05, 4.69) is 9.72 Å². The van der Waals surface area contributed by atoms with Crippen LogP contribution in [0.2, 0.25) is 0 Å². The van der Waals surface area contributed by atoms with Gasteiger partial charge in [0.2, 0.25) is 0 Å². The van der Waals surface area contributed by atoms with Crippen LogP contribution < -0.4 is 0 Å². The first-order valence-corrected chi connectivity index (χ1v) is 8.84. The van der Waals surface area contributed by atoms with Gasteiger partial charge in [0.15, 0.2) is 15.5 Å². The van der Waals surface area contributed by atoms with Gasteiger partial charge in [-0.3, -0.25) is 0 Å². The van der Waals surface area contributed by atoms with Crippen molar-refractivity contribution >= 4 is 15.8 Å². The Balaban J connectivity index is 2.33. The van der Waals surface area contributed by atoms with E-state index < -0.39 is 39.1 Å². The minimum atomic E-state index is -4.66. The number of hydrogen-bond acceptors (Lipinski definition) is 5. The highest BCUT2D eigenvalue weighted by molar-refractivity contribution is 7.89. The molecule has 0 amide bonds. The molecule has 0 spiro atoms. The number of carbonyl (C=O) groups is 1. The fourth-order valence-corrected chi connectivity index (χ4v) is 3.82. The molecule has 0 fully saturated rings. The number of pyridine rings is 1. The van der Waals surface area contributed by atoms with E-state index in [0.717, 1.165) is 19.2 Å². The average molecular weight is 373 g/mol. The maximum atomic E-state index is 13.0. The summed E-state index contributed by atoms with van der Waals surface area (Å²) in [6, 6.07) is 7.27. The van der Waals surface area contributed by atoms with Crippen molar-refractivity contribution in [2.24, 2.45) is 0 Å². The van der Waals surface area contributed by atoms with Crippen LogP contribution in [0.4, 0.5) is 13.2 Å². The summed E-state index contributed by atoms with van der Waals surface area (Å²) < 4.78 is 68.3. The van der Waals surface area contributed by atoms with Gasteiger partial charge in [-0.15, -0.1) is 0 Å². The van der Waals surface area contributed by atoms with Gasteiger partial charge >= 0.3 is 12.1 Å². The summed E-state index contributed by atoms with van der Waals surface area (Å²) in [5.41, 5.74) is -1.46. The van der Waals surface area contributed by atoms with Crippen LogP contribution in [0.25, 0.3) is 0 Å². The molecule has 9 heteroatoms. The van der Waals surface area contributed by atoms with Gasteiger partial charge in [-0.05, 0) is 17.7 Å². The monoisotopic (exact) mass is 373 g/mol. The van der Waals surface area contributed by atoms with Crippen molar-refractivity contribution in [1.29, 1.82) is 0 Å². The number of sulfone groups is 1. The Morgan fingerprint density at radius 2 is 1.68 bits per heavy atom. The third-order valence-corrected chi connectivity index (χ3v) is 4.85. The maximum absolute atomic E-state index is 13.0. The van der Waals surface area contributed by atoms with E-state index in [9.17, 15) is 26.4 Å². The van der Waals surface area contributed by atoms with E-state index >= 15 is 0 Å². The van der Waals surface area contributed by atoms with Gasteiger partial charge in [0.1, 0.15) is 0 Å². The van der Waals surface area contributed by atoms with Crippen molar-refractivity contribution in [3.05, 3.63) is 65.0 Å². The molecule has 0 aliphatic rings. The third-order valence-electron chi connectivity index (χ3n) is 3.34. The number of ether oxygens (including phenoxy) is 1. The van der Waals surface area contributed by atoms with Gasteiger partial charge in [0.05, 0.1) is 24.2 Å². The van der Waals surface area contributed by atoms with Crippen LogP contribution in [0.3, 0.4) is 0 Å². The van der Waals surface area contributed by atoms with Gasteiger partial charge in [-0.25, -0.2) is 18.2 Å². The second-order valence-corrected chi connectivity index (χ2v) is 7.25. The summed E-state index contributed by atoms with van der Waals surface area (Å²) >= 11 is 0. The first kappa shape index (κ1) is 18.9. The zero-order chi connectivity index (χ0) is 18.7. The molecular weight excluding hydrogens is 359 g/mol. The summed E-state index contributed by atoms with van der Waals surface area (Å²) in [6.07, 6.45) is -3.36. The second-order valence-electron chi connectivity index (χ2n) is 5.19. The highest BCUT2D eigenvalue weighted by atomic mass is 32.2. The predicted molar refractivity (Wildman–Crippen MR) is 83.3 cm³/mol. The van der Waals surface area contributed by atoms with Crippen molar-refractivity contribution in [1.82, 2.24) is 4.98 Å². The van der Waals surface area contributed by atoms with Crippen LogP contribution >= 0.6 is 0 Å². The molecule has 5 nitrogen and oxygen atoms in total. The lowest BCUT2D eigenvalue weighted by Gasteiger charge is -2.13. The summed E-state index contributed by atoms with van der Waals surface area (Å²) in [7, 11) is -2.86. The number of hydrogen-bond donors (Lipinski definition) is 0. The van der Waals surface area contributed by atoms with E-state index in [4.69, 9.17) is 0 Å². The Labute approximate surface area is 142 Å². The quantitative estimate of drug-likeness (QED) is 0.754. The summed E-state index contributed by atoms with van der Waals surface area (Å²) in [5.74, 6) is -2.25. The molecule has 134 valence electrons. The van der Waals surface area contributed by atoms with Crippen molar-refractivity contribution in [3.63, 3.8) is 0 Å². The van der Waals surface area contributed by atoms with E-state index in [1.54, 1.807) is 0 Å². The molecule has 0 radical (unpaired) electrons. The first-order chi connectivity index (χ1) is 11.6. The number of halogens is 3. The molecule has 0 atom stereocenters. The zero-order valence-corrected chi connectivity index (χ0v) is 13.9. The SMILES string of the molecule is COC(=O)c1ncccc1CS(=O)(=O)Cc1ccccc1C(F)(F)F. The molecule has 0 aliphatic heterocycles. The zero-order valence-electron chi connectivity index (χ0n) is 13.1. The van der Waals surface area contributed by atoms with E-state index in [1.807, 2.05) is 0 Å². The van der Waals surface area contributed by atoms with Gasteiger partial charge < -0.3 is 4.74 Å². The van der Waals surface area contributed by atoms with Crippen LogP contribution in [-0.2, 0) is 32.3 Å². The lowest BCUT2D eigenvalue weighted by molar-refractivity contribution is -0.138. The standard InChI is InChI=1S/C16H14F3NO4S/c1-24-15(21)14-12(6-4-8-20-14)10-25(22,23)9-11-5-2-3-7-13(11)16(17,18)19/h2-8H,9-10H2,1H3. The Morgan fingerprint density at radius 3 is 2.32 bits per heavy atom. The number of methoxy groups -OCH3 is 1. The molecule has 25 heavy (non-hydrogen) atoms. The number of esters is 1. The number of alkyl halides is 3. The molecular formula is C16H14F3NO4S. The Bertz CT molecular complexity index is 879. The molecule has 1 aromatic heterocycles. The van der Waals surface area contributed by atoms with Gasteiger partial charge in [-0.1, -0.05) is 24.3 Å². The van der Waals surface area contributed by atoms with Crippen LogP contribution in [-0.4, -0.2) is 26.5 Å². The minimum Gasteiger partial charge on any atom is -0.464 e. The van der Waals surface area contributed by atoms with Gasteiger partial charge in [-0.2, -0.15) is 13.2 Å². The van der Waals surface area contributed by atoms with Crippen molar-refractivity contribution in [3.8, 4) is 0 Å². The topological polar surface area (TPSA) is 73.3 Å². The lowest BCUT2D eigenvalue weighted by Crippen LogP contribution is -2.16. The van der Waals surface area contributed by atoms with Crippen LogP contribution in [0.1, 0.15) is 27.2 Å². The number of aromatic nitrogens is 1. The van der Waals surface area contributed by atoms with E-state index in [1.165, 1.54) is 30.5 Å². The molecule has 0 bridgehead atoms. The van der Waals surface area contributed by atoms with Crippen LogP contribution in [0.15, 0.2) is 42.6 Å². The van der Waals surface area contributed by atoms with Gasteiger partial charge in [0.25, 0.3) is 0 Å². The number of rotatable bonds is 5. The highest BCUT2D eigenvalue weighted by Gasteiger charge is 2.34. The summed E-state index contributed by atoms with van der Waals surface area (Å²) in [6.45, 7) is 0. The number of benzene rings is 1. The van der Waals surface area contributed by atoms with Crippen LogP contribution in [0, 0.1) is 0 Å². The molecule has 1 aromatic carbocycles. The smallest absolute Gasteiger partial charge is 0.416 e. The van der Waals surface area contributed by atoms with Crippen molar-refractivity contribution in [2.45, 2.75) is 17.7 Å². The fraction of sp³-hybridized carbons (Fsp3) is 0.250. The van der Waals surface area contributed by atoms with Crippen molar-refractivity contribution in [2.75, 3.05) is 7.11 Å². The fourth-order valence-electron chi connectivity index (χ4n) is 2.28. The molecule has 0 unspecified atom stereocenters. The molecule has 0 saturated carbocycles. The molecule has 0 aliphatic carbocycles. The predicted octanol–water partition coefficient (Wildman–Crippen LogP) is 3.00.